The van der Waals surface area contributed by atoms with Crippen LogP contribution in [-0.4, -0.2) is 50.0 Å². The first-order valence-electron chi connectivity index (χ1n) is 4.26. The van der Waals surface area contributed by atoms with Crippen LogP contribution < -0.4 is 0 Å². The summed E-state index contributed by atoms with van der Waals surface area (Å²) in [5.74, 6) is 0. The predicted molar refractivity (Wildman–Crippen MR) is 52.7 cm³/mol. The maximum atomic E-state index is 12.0. The van der Waals surface area contributed by atoms with Gasteiger partial charge in [0.25, 0.3) is 6.43 Å². The zero-order valence-electron chi connectivity index (χ0n) is 7.81. The Hall–Kier alpha value is 0.260. The van der Waals surface area contributed by atoms with Crippen LogP contribution >= 0.6 is 15.9 Å². The van der Waals surface area contributed by atoms with Crippen LogP contribution in [0.1, 0.15) is 6.42 Å². The summed E-state index contributed by atoms with van der Waals surface area (Å²) in [5.41, 5.74) is 0. The summed E-state index contributed by atoms with van der Waals surface area (Å²) >= 11 is 3.23. The van der Waals surface area contributed by atoms with Crippen molar-refractivity contribution in [1.82, 2.24) is 4.90 Å². The molecule has 80 valence electrons. The molecular weight excluding hydrogens is 244 g/mol. The lowest BCUT2D eigenvalue weighted by Gasteiger charge is -2.20. The third-order valence-electron chi connectivity index (χ3n) is 1.62. The number of ether oxygens (including phenoxy) is 1. The van der Waals surface area contributed by atoms with Crippen LogP contribution in [0.25, 0.3) is 0 Å². The molecule has 0 amide bonds. The number of hydrogen-bond donors (Lipinski definition) is 0. The third-order valence-corrected chi connectivity index (χ3v) is 1.97. The monoisotopic (exact) mass is 259 g/mol. The highest BCUT2D eigenvalue weighted by Crippen LogP contribution is 2.00. The zero-order chi connectivity index (χ0) is 10.1. The minimum atomic E-state index is -2.25. The average molecular weight is 260 g/mol. The Morgan fingerprint density at radius 3 is 2.54 bits per heavy atom. The molecule has 2 nitrogen and oxygen atoms in total. The summed E-state index contributed by atoms with van der Waals surface area (Å²) < 4.78 is 28.9. The fourth-order valence-corrected chi connectivity index (χ4v) is 1.54. The molecule has 0 spiro atoms. The molecule has 0 fully saturated rings. The first kappa shape index (κ1) is 13.3. The molecule has 0 aromatic carbocycles. The van der Waals surface area contributed by atoms with Gasteiger partial charge >= 0.3 is 0 Å². The Bertz CT molecular complexity index is 116. The summed E-state index contributed by atoms with van der Waals surface area (Å²) in [6.45, 7) is 1.81. The standard InChI is InChI=1S/C8H16BrF2NO/c1-13-6-2-4-12(5-3-9)7-8(10)11/h8H,2-7H2,1H3. The molecule has 0 aromatic heterocycles. The summed E-state index contributed by atoms with van der Waals surface area (Å²) in [5, 5.41) is 0.729. The normalized spacial score (nSPS) is 11.5. The Morgan fingerprint density at radius 1 is 1.38 bits per heavy atom. The van der Waals surface area contributed by atoms with Crippen molar-refractivity contribution in [3.63, 3.8) is 0 Å². The van der Waals surface area contributed by atoms with Crippen LogP contribution in [0.4, 0.5) is 8.78 Å². The van der Waals surface area contributed by atoms with E-state index in [1.807, 2.05) is 0 Å². The molecule has 0 aromatic rings. The molecule has 0 atom stereocenters. The highest BCUT2D eigenvalue weighted by molar-refractivity contribution is 9.09. The van der Waals surface area contributed by atoms with E-state index in [-0.39, 0.29) is 6.54 Å². The number of hydrogen-bond acceptors (Lipinski definition) is 2. The van der Waals surface area contributed by atoms with Crippen molar-refractivity contribution < 1.29 is 13.5 Å². The van der Waals surface area contributed by atoms with E-state index in [2.05, 4.69) is 15.9 Å². The van der Waals surface area contributed by atoms with Gasteiger partial charge in [-0.05, 0) is 6.42 Å². The Kier molecular flexibility index (Phi) is 9.02. The smallest absolute Gasteiger partial charge is 0.251 e. The Morgan fingerprint density at radius 2 is 2.08 bits per heavy atom. The van der Waals surface area contributed by atoms with Crippen LogP contribution in [0.5, 0.6) is 0 Å². The van der Waals surface area contributed by atoms with Gasteiger partial charge in [0, 0.05) is 32.1 Å². The second-order valence-electron chi connectivity index (χ2n) is 2.73. The van der Waals surface area contributed by atoms with Gasteiger partial charge in [0.1, 0.15) is 0 Å². The lowest BCUT2D eigenvalue weighted by Crippen LogP contribution is -2.32. The maximum Gasteiger partial charge on any atom is 0.251 e. The van der Waals surface area contributed by atoms with Gasteiger partial charge in [-0.15, -0.1) is 0 Å². The summed E-state index contributed by atoms with van der Waals surface area (Å²) in [4.78, 5) is 1.73. The molecule has 0 aliphatic heterocycles. The fourth-order valence-electron chi connectivity index (χ4n) is 1.04. The van der Waals surface area contributed by atoms with E-state index in [4.69, 9.17) is 4.74 Å². The quantitative estimate of drug-likeness (QED) is 0.489. The number of rotatable bonds is 8. The molecule has 0 N–H and O–H groups in total. The highest BCUT2D eigenvalue weighted by atomic mass is 79.9. The second-order valence-corrected chi connectivity index (χ2v) is 3.52. The number of halogens is 3. The lowest BCUT2D eigenvalue weighted by atomic mass is 10.4. The molecule has 0 heterocycles. The van der Waals surface area contributed by atoms with E-state index >= 15 is 0 Å². The largest absolute Gasteiger partial charge is 0.385 e. The molecule has 13 heavy (non-hydrogen) atoms. The maximum absolute atomic E-state index is 12.0. The SMILES string of the molecule is COCCCN(CCBr)CC(F)F. The minimum absolute atomic E-state index is 0.144. The van der Waals surface area contributed by atoms with Crippen molar-refractivity contribution in [3.8, 4) is 0 Å². The van der Waals surface area contributed by atoms with Gasteiger partial charge in [-0.25, -0.2) is 8.78 Å². The molecule has 0 saturated carbocycles. The fraction of sp³-hybridized carbons (Fsp3) is 1.00. The van der Waals surface area contributed by atoms with Crippen LogP contribution in [-0.2, 0) is 4.74 Å². The van der Waals surface area contributed by atoms with E-state index < -0.39 is 6.43 Å². The predicted octanol–water partition coefficient (Wildman–Crippen LogP) is 1.98. The minimum Gasteiger partial charge on any atom is -0.385 e. The van der Waals surface area contributed by atoms with Crippen molar-refractivity contribution in [1.29, 1.82) is 0 Å². The van der Waals surface area contributed by atoms with Crippen molar-refractivity contribution in [2.75, 3.05) is 38.7 Å². The van der Waals surface area contributed by atoms with Gasteiger partial charge in [0.15, 0.2) is 0 Å². The van der Waals surface area contributed by atoms with Crippen molar-refractivity contribution in [2.45, 2.75) is 12.8 Å². The summed E-state index contributed by atoms with van der Waals surface area (Å²) in [6, 6.07) is 0. The van der Waals surface area contributed by atoms with Crippen LogP contribution in [0.3, 0.4) is 0 Å². The van der Waals surface area contributed by atoms with E-state index in [1.165, 1.54) is 0 Å². The summed E-state index contributed by atoms with van der Waals surface area (Å²) in [6.07, 6.45) is -1.45. The molecule has 0 saturated heterocycles. The van der Waals surface area contributed by atoms with Gasteiger partial charge in [0.05, 0.1) is 6.54 Å². The van der Waals surface area contributed by atoms with Crippen molar-refractivity contribution in [3.05, 3.63) is 0 Å². The van der Waals surface area contributed by atoms with Gasteiger partial charge in [-0.3, -0.25) is 4.90 Å². The number of alkyl halides is 3. The molecule has 0 unspecified atom stereocenters. The van der Waals surface area contributed by atoms with Gasteiger partial charge < -0.3 is 4.74 Å². The van der Waals surface area contributed by atoms with E-state index in [0.717, 1.165) is 11.8 Å². The van der Waals surface area contributed by atoms with Gasteiger partial charge in [-0.1, -0.05) is 15.9 Å². The molecule has 5 heteroatoms. The third kappa shape index (κ3) is 8.59. The Balaban J connectivity index is 3.53. The zero-order valence-corrected chi connectivity index (χ0v) is 9.40. The van der Waals surface area contributed by atoms with Crippen LogP contribution in [0, 0.1) is 0 Å². The lowest BCUT2D eigenvalue weighted by molar-refractivity contribution is 0.0852. The molecule has 0 rings (SSSR count). The average Bonchev–Trinajstić information content (AvgIpc) is 2.04. The van der Waals surface area contributed by atoms with E-state index in [1.54, 1.807) is 12.0 Å². The van der Waals surface area contributed by atoms with Crippen LogP contribution in [0.15, 0.2) is 0 Å². The molecular formula is C8H16BrF2NO. The molecule has 0 aliphatic rings. The number of nitrogens with zero attached hydrogens (tertiary/aromatic N) is 1. The van der Waals surface area contributed by atoms with Crippen LogP contribution in [0.2, 0.25) is 0 Å². The first-order valence-corrected chi connectivity index (χ1v) is 5.38. The molecule has 0 aliphatic carbocycles. The van der Waals surface area contributed by atoms with Gasteiger partial charge in [0.2, 0.25) is 0 Å². The molecule has 0 bridgehead atoms. The van der Waals surface area contributed by atoms with Crippen molar-refractivity contribution in [2.24, 2.45) is 0 Å². The second kappa shape index (κ2) is 8.84. The first-order chi connectivity index (χ1) is 6.20. The number of methoxy groups -OCH3 is 1. The topological polar surface area (TPSA) is 12.5 Å². The molecule has 0 radical (unpaired) electrons. The van der Waals surface area contributed by atoms with Crippen molar-refractivity contribution >= 4 is 15.9 Å². The summed E-state index contributed by atoms with van der Waals surface area (Å²) in [7, 11) is 1.61. The Labute approximate surface area is 86.4 Å². The van der Waals surface area contributed by atoms with Gasteiger partial charge in [-0.2, -0.15) is 0 Å². The van der Waals surface area contributed by atoms with E-state index in [0.29, 0.717) is 19.7 Å². The van der Waals surface area contributed by atoms with E-state index in [9.17, 15) is 8.78 Å². The highest BCUT2D eigenvalue weighted by Gasteiger charge is 2.10.